The molecule has 0 bridgehead atoms. The molecule has 356 valence electrons. The summed E-state index contributed by atoms with van der Waals surface area (Å²) >= 11 is 3.68. The van der Waals surface area contributed by atoms with Gasteiger partial charge in [-0.1, -0.05) is 90.6 Å². The number of rotatable bonds is 7. The molecule has 9 rings (SSSR count). The van der Waals surface area contributed by atoms with Crippen molar-refractivity contribution in [2.75, 3.05) is 12.3 Å². The molecule has 0 aromatic heterocycles. The Hall–Kier alpha value is -8.11. The van der Waals surface area contributed by atoms with E-state index in [2.05, 4.69) is 16.0 Å². The highest BCUT2D eigenvalue weighted by Gasteiger charge is 2.34. The van der Waals surface area contributed by atoms with Crippen molar-refractivity contribution in [1.82, 2.24) is 20.9 Å². The topological polar surface area (TPSA) is 274 Å². The van der Waals surface area contributed by atoms with Crippen molar-refractivity contribution >= 4 is 122 Å². The van der Waals surface area contributed by atoms with Gasteiger partial charge in [0.25, 0.3) is 38.7 Å². The first-order chi connectivity index (χ1) is 33.5. The standard InChI is InChI=1S/C19H15NO3S.2C10H7NO3S.C7H6O2.C3H3NO2S/c21-16-10-8-15(9-11-16)13-17-18(22)20(19(23)24-17)12-4-7-14-5-2-1-3-6-14;2*12-7-3-1-6(2-4-7)5-8-9(13)11-10(14)15-8;8-5-6-1-3-7(9)4-2-6;5-2-1-7-3(6)4-2/h1-11,13,21H,12H2;2*1-5,12H,(H,11,13,14);1-5,9H;1H2,(H,4,5,6)/b7-4+,17-13-;2*8-5-;;. The first kappa shape index (κ1) is 52.9. The Morgan fingerprint density at radius 1 is 0.471 bits per heavy atom. The van der Waals surface area contributed by atoms with E-state index in [4.69, 9.17) is 15.3 Å². The summed E-state index contributed by atoms with van der Waals surface area (Å²) in [6, 6.07) is 35.0. The Kier molecular flexibility index (Phi) is 20.0. The summed E-state index contributed by atoms with van der Waals surface area (Å²) in [5.74, 6) is -0.277. The van der Waals surface area contributed by atoms with Crippen LogP contribution >= 0.6 is 47.0 Å². The number of amides is 8. The van der Waals surface area contributed by atoms with Crippen molar-refractivity contribution in [3.63, 3.8) is 0 Å². The van der Waals surface area contributed by atoms with Gasteiger partial charge >= 0.3 is 0 Å². The number of nitrogens with one attached hydrogen (secondary N) is 3. The quantitative estimate of drug-likeness (QED) is 0.0593. The highest BCUT2D eigenvalue weighted by molar-refractivity contribution is 8.19. The van der Waals surface area contributed by atoms with Crippen molar-refractivity contribution in [2.45, 2.75) is 0 Å². The minimum atomic E-state index is -0.377. The van der Waals surface area contributed by atoms with Crippen LogP contribution in [0, 0.1) is 0 Å². The number of benzene rings is 5. The number of nitrogens with zero attached hydrogens (tertiary/aromatic N) is 1. The average molecular weight is 1020 g/mol. The zero-order valence-corrected chi connectivity index (χ0v) is 39.3. The molecule has 4 saturated heterocycles. The van der Waals surface area contributed by atoms with E-state index in [1.165, 1.54) is 41.3 Å². The third-order valence-corrected chi connectivity index (χ3v) is 12.0. The number of carbonyl (C=O) groups is 9. The number of aldehydes is 1. The molecule has 0 unspecified atom stereocenters. The summed E-state index contributed by atoms with van der Waals surface area (Å²) in [5.41, 5.74) is 3.88. The lowest BCUT2D eigenvalue weighted by molar-refractivity contribution is -0.122. The van der Waals surface area contributed by atoms with Gasteiger partial charge < -0.3 is 20.4 Å². The van der Waals surface area contributed by atoms with Gasteiger partial charge in [0.15, 0.2) is 0 Å². The van der Waals surface area contributed by atoms with Crippen LogP contribution in [0.5, 0.6) is 23.0 Å². The minimum absolute atomic E-state index is 0.159. The monoisotopic (exact) mass is 1020 g/mol. The maximum atomic E-state index is 12.4. The van der Waals surface area contributed by atoms with E-state index in [-0.39, 0.29) is 74.1 Å². The third-order valence-electron chi connectivity index (χ3n) is 8.73. The van der Waals surface area contributed by atoms with Crippen molar-refractivity contribution in [2.24, 2.45) is 0 Å². The van der Waals surface area contributed by atoms with Crippen LogP contribution in [-0.4, -0.2) is 88.5 Å². The molecule has 0 spiro atoms. The molecule has 17 nitrogen and oxygen atoms in total. The Morgan fingerprint density at radius 2 is 0.886 bits per heavy atom. The van der Waals surface area contributed by atoms with E-state index in [0.29, 0.717) is 26.0 Å². The van der Waals surface area contributed by atoms with Crippen molar-refractivity contribution in [3.8, 4) is 23.0 Å². The van der Waals surface area contributed by atoms with Crippen LogP contribution in [0.15, 0.2) is 148 Å². The van der Waals surface area contributed by atoms with Crippen molar-refractivity contribution < 1.29 is 63.6 Å². The number of imide groups is 4. The Labute approximate surface area is 415 Å². The molecule has 0 radical (unpaired) electrons. The number of aromatic hydroxyl groups is 4. The van der Waals surface area contributed by atoms with E-state index in [1.807, 2.05) is 36.4 Å². The summed E-state index contributed by atoms with van der Waals surface area (Å²) in [5, 5.41) is 41.3. The second-order valence-corrected chi connectivity index (χ2v) is 17.9. The van der Waals surface area contributed by atoms with Crippen molar-refractivity contribution in [1.29, 1.82) is 0 Å². The van der Waals surface area contributed by atoms with Crippen molar-refractivity contribution in [3.05, 3.63) is 176 Å². The van der Waals surface area contributed by atoms with Crippen LogP contribution in [0.4, 0.5) is 19.2 Å². The molecule has 7 N–H and O–H groups in total. The van der Waals surface area contributed by atoms with Crippen LogP contribution in [-0.2, 0) is 19.2 Å². The van der Waals surface area contributed by atoms with Gasteiger partial charge in [-0.3, -0.25) is 64.0 Å². The zero-order chi connectivity index (χ0) is 50.6. The SMILES string of the molecule is O=C1CSC(=O)N1.O=C1NC(=O)/C(=C/c2ccc(O)cc2)S1.O=C1NC(=O)/C(=C/c2ccc(O)cc2)S1.O=C1S/C(=C\c2ccc(O)cc2)C(=O)N1C/C=C/c1ccccc1.O=Cc1ccc(O)cc1. The Morgan fingerprint density at radius 3 is 1.23 bits per heavy atom. The molecular weight excluding hydrogens is 981 g/mol. The molecular formula is C49H38N4O13S4. The number of thioether (sulfide) groups is 4. The predicted molar refractivity (Wildman–Crippen MR) is 270 cm³/mol. The molecule has 5 aromatic carbocycles. The number of hydrogen-bond donors (Lipinski definition) is 7. The summed E-state index contributed by atoms with van der Waals surface area (Å²) < 4.78 is 0. The van der Waals surface area contributed by atoms with Gasteiger partial charge in [0.05, 0.1) is 20.5 Å². The molecule has 4 heterocycles. The first-order valence-electron chi connectivity index (χ1n) is 20.1. The highest BCUT2D eigenvalue weighted by atomic mass is 32.2. The van der Waals surface area contributed by atoms with Gasteiger partial charge in [0.2, 0.25) is 5.91 Å². The maximum Gasteiger partial charge on any atom is 0.293 e. The van der Waals surface area contributed by atoms with Crippen LogP contribution < -0.4 is 16.0 Å². The zero-order valence-electron chi connectivity index (χ0n) is 36.0. The number of hydrogen-bond acceptors (Lipinski definition) is 17. The second-order valence-electron chi connectivity index (χ2n) is 13.9. The van der Waals surface area contributed by atoms with Gasteiger partial charge in [-0.15, -0.1) is 0 Å². The lowest BCUT2D eigenvalue weighted by atomic mass is 10.2. The smallest absolute Gasteiger partial charge is 0.293 e. The first-order valence-corrected chi connectivity index (χ1v) is 23.5. The lowest BCUT2D eigenvalue weighted by Crippen LogP contribution is -2.28. The molecule has 21 heteroatoms. The van der Waals surface area contributed by atoms with E-state index in [1.54, 1.807) is 85.0 Å². The molecule has 8 amide bonds. The van der Waals surface area contributed by atoms with Crippen LogP contribution in [0.2, 0.25) is 0 Å². The van der Waals surface area contributed by atoms with E-state index >= 15 is 0 Å². The molecule has 4 fully saturated rings. The minimum Gasteiger partial charge on any atom is -0.508 e. The molecule has 4 aliphatic rings. The van der Waals surface area contributed by atoms with Gasteiger partial charge in [-0.2, -0.15) is 0 Å². The van der Waals surface area contributed by atoms with E-state index < -0.39 is 0 Å². The summed E-state index contributed by atoms with van der Waals surface area (Å²) in [4.78, 5) is 101. The molecule has 4 aliphatic heterocycles. The molecule has 0 saturated carbocycles. The predicted octanol–water partition coefficient (Wildman–Crippen LogP) is 8.75. The lowest BCUT2D eigenvalue weighted by Gasteiger charge is -2.08. The Bertz CT molecular complexity index is 2790. The summed E-state index contributed by atoms with van der Waals surface area (Å²) in [6.07, 6.45) is 9.28. The fourth-order valence-electron chi connectivity index (χ4n) is 5.39. The third kappa shape index (κ3) is 17.5. The number of phenolic OH excluding ortho intramolecular Hbond substituents is 4. The fraction of sp³-hybridized carbons (Fsp3) is 0.0408. The van der Waals surface area contributed by atoms with Gasteiger partial charge in [-0.05, 0) is 136 Å². The number of carbonyl (C=O) groups excluding carboxylic acids is 9. The maximum absolute atomic E-state index is 12.4. The van der Waals surface area contributed by atoms with Gasteiger partial charge in [0, 0.05) is 12.1 Å². The molecule has 5 aromatic rings. The Balaban J connectivity index is 0.000000173. The van der Waals surface area contributed by atoms with Gasteiger partial charge in [0.1, 0.15) is 29.3 Å². The number of phenols is 4. The fourth-order valence-corrected chi connectivity index (χ4v) is 8.13. The van der Waals surface area contributed by atoms with E-state index in [9.17, 15) is 48.3 Å². The second kappa shape index (κ2) is 26.4. The average Bonchev–Trinajstić information content (AvgIpc) is 4.07. The normalized spacial score (nSPS) is 16.6. The van der Waals surface area contributed by atoms with Crippen LogP contribution in [0.25, 0.3) is 24.3 Å². The molecule has 70 heavy (non-hydrogen) atoms. The van der Waals surface area contributed by atoms with Crippen LogP contribution in [0.1, 0.15) is 32.6 Å². The van der Waals surface area contributed by atoms with Gasteiger partial charge in [-0.25, -0.2) is 0 Å². The largest absolute Gasteiger partial charge is 0.508 e. The van der Waals surface area contributed by atoms with Crippen LogP contribution in [0.3, 0.4) is 0 Å². The highest BCUT2D eigenvalue weighted by Crippen LogP contribution is 2.32. The summed E-state index contributed by atoms with van der Waals surface area (Å²) in [6.45, 7) is 0.243. The van der Waals surface area contributed by atoms with E-state index in [0.717, 1.165) is 75.6 Å². The summed E-state index contributed by atoms with van der Waals surface area (Å²) in [7, 11) is 0. The molecule has 0 atom stereocenters. The molecule has 0 aliphatic carbocycles.